The van der Waals surface area contributed by atoms with Gasteiger partial charge >= 0.3 is 12.2 Å². The summed E-state index contributed by atoms with van der Waals surface area (Å²) < 4.78 is 65.6. The molecule has 0 heterocycles. The molecule has 1 aliphatic rings. The van der Waals surface area contributed by atoms with E-state index in [4.69, 9.17) is 0 Å². The lowest BCUT2D eigenvalue weighted by Gasteiger charge is -2.33. The summed E-state index contributed by atoms with van der Waals surface area (Å²) in [4.78, 5) is 12.0. The number of sulfonamides is 1. The molecule has 6 nitrogen and oxygen atoms in total. The number of hydrogen-bond donors (Lipinski definition) is 3. The lowest BCUT2D eigenvalue weighted by Crippen LogP contribution is -2.51. The summed E-state index contributed by atoms with van der Waals surface area (Å²) >= 11 is 0. The van der Waals surface area contributed by atoms with E-state index in [9.17, 15) is 26.4 Å². The third-order valence-electron chi connectivity index (χ3n) is 4.54. The Balaban J connectivity index is 1.78. The fraction of sp³-hybridized carbons (Fsp3) is 0.588. The highest BCUT2D eigenvalue weighted by atomic mass is 32.2. The number of urea groups is 1. The molecule has 1 fully saturated rings. The zero-order valence-corrected chi connectivity index (χ0v) is 15.8. The first kappa shape index (κ1) is 21.5. The Morgan fingerprint density at radius 1 is 1.11 bits per heavy atom. The molecule has 2 atom stereocenters. The van der Waals surface area contributed by atoms with Crippen LogP contribution >= 0.6 is 0 Å². The Bertz CT molecular complexity index is 736. The number of carbonyl (C=O) groups is 1. The van der Waals surface area contributed by atoms with Gasteiger partial charge in [-0.1, -0.05) is 30.5 Å². The first-order valence-corrected chi connectivity index (χ1v) is 10.3. The summed E-state index contributed by atoms with van der Waals surface area (Å²) in [5, 5.41) is 4.75. The van der Waals surface area contributed by atoms with Crippen LogP contribution in [0.1, 0.15) is 31.2 Å². The highest BCUT2D eigenvalue weighted by Crippen LogP contribution is 2.37. The Labute approximate surface area is 157 Å². The van der Waals surface area contributed by atoms with Crippen molar-refractivity contribution in [1.29, 1.82) is 0 Å². The summed E-state index contributed by atoms with van der Waals surface area (Å²) in [6.07, 6.45) is -2.94. The number of amides is 2. The minimum absolute atomic E-state index is 0.00476. The van der Waals surface area contributed by atoms with Gasteiger partial charge in [-0.2, -0.15) is 13.2 Å². The lowest BCUT2D eigenvalue weighted by atomic mass is 9.84. The van der Waals surface area contributed by atoms with Gasteiger partial charge in [-0.3, -0.25) is 0 Å². The normalized spacial score (nSPS) is 20.9. The molecule has 1 saturated carbocycles. The topological polar surface area (TPSA) is 87.3 Å². The number of hydrogen-bond acceptors (Lipinski definition) is 3. The highest BCUT2D eigenvalue weighted by Gasteiger charge is 2.45. The van der Waals surface area contributed by atoms with Crippen LogP contribution in [0.2, 0.25) is 0 Å². The first-order valence-electron chi connectivity index (χ1n) is 8.77. The third kappa shape index (κ3) is 6.39. The van der Waals surface area contributed by atoms with Gasteiger partial charge in [0.15, 0.2) is 0 Å². The maximum atomic E-state index is 13.0. The van der Waals surface area contributed by atoms with Crippen molar-refractivity contribution in [2.75, 3.05) is 13.1 Å². The SMILES string of the molecule is Cc1ccc(S(=O)(=O)NCCNC(=O)NC2CCCCC2C(F)(F)F)cc1. The van der Waals surface area contributed by atoms with E-state index in [1.54, 1.807) is 12.1 Å². The van der Waals surface area contributed by atoms with Gasteiger partial charge in [0.05, 0.1) is 10.8 Å². The number of halogens is 3. The molecular weight excluding hydrogens is 383 g/mol. The Hall–Kier alpha value is -1.81. The third-order valence-corrected chi connectivity index (χ3v) is 6.01. The predicted octanol–water partition coefficient (Wildman–Crippen LogP) is 2.69. The van der Waals surface area contributed by atoms with Crippen LogP contribution in [0, 0.1) is 12.8 Å². The van der Waals surface area contributed by atoms with Crippen LogP contribution in [0.15, 0.2) is 29.2 Å². The average Bonchev–Trinajstić information content (AvgIpc) is 2.59. The van der Waals surface area contributed by atoms with Gasteiger partial charge in [0.2, 0.25) is 10.0 Å². The number of carbonyl (C=O) groups excluding carboxylic acids is 1. The summed E-state index contributed by atoms with van der Waals surface area (Å²) in [6.45, 7) is 1.72. The van der Waals surface area contributed by atoms with Crippen LogP contribution in [0.25, 0.3) is 0 Å². The van der Waals surface area contributed by atoms with Crippen molar-refractivity contribution in [3.05, 3.63) is 29.8 Å². The monoisotopic (exact) mass is 407 g/mol. The second-order valence-electron chi connectivity index (χ2n) is 6.65. The van der Waals surface area contributed by atoms with E-state index in [1.807, 2.05) is 6.92 Å². The summed E-state index contributed by atoms with van der Waals surface area (Å²) in [5.41, 5.74) is 0.923. The van der Waals surface area contributed by atoms with Crippen LogP contribution in [-0.4, -0.2) is 39.8 Å². The van der Waals surface area contributed by atoms with Crippen molar-refractivity contribution in [2.45, 2.75) is 49.7 Å². The minimum atomic E-state index is -4.35. The smallest absolute Gasteiger partial charge is 0.337 e. The maximum Gasteiger partial charge on any atom is 0.393 e. The quantitative estimate of drug-likeness (QED) is 0.634. The second-order valence-corrected chi connectivity index (χ2v) is 8.42. The zero-order chi connectivity index (χ0) is 20.1. The first-order chi connectivity index (χ1) is 12.6. The fourth-order valence-electron chi connectivity index (χ4n) is 3.08. The van der Waals surface area contributed by atoms with E-state index in [0.29, 0.717) is 12.8 Å². The molecule has 3 N–H and O–H groups in total. The van der Waals surface area contributed by atoms with Gasteiger partial charge < -0.3 is 10.6 Å². The van der Waals surface area contributed by atoms with Crippen LogP contribution in [0.4, 0.5) is 18.0 Å². The molecule has 1 aromatic carbocycles. The van der Waals surface area contributed by atoms with Gasteiger partial charge in [0.25, 0.3) is 0 Å². The molecule has 2 rings (SSSR count). The number of rotatable bonds is 6. The van der Waals surface area contributed by atoms with E-state index < -0.39 is 34.2 Å². The van der Waals surface area contributed by atoms with Crippen molar-refractivity contribution >= 4 is 16.1 Å². The molecule has 27 heavy (non-hydrogen) atoms. The molecule has 0 bridgehead atoms. The molecule has 0 spiro atoms. The van der Waals surface area contributed by atoms with Gasteiger partial charge in [0.1, 0.15) is 0 Å². The molecule has 1 aromatic rings. The molecule has 0 aliphatic heterocycles. The van der Waals surface area contributed by atoms with E-state index in [-0.39, 0.29) is 30.8 Å². The van der Waals surface area contributed by atoms with E-state index in [1.165, 1.54) is 12.1 Å². The maximum absolute atomic E-state index is 13.0. The van der Waals surface area contributed by atoms with Crippen molar-refractivity contribution in [3.8, 4) is 0 Å². The molecule has 10 heteroatoms. The van der Waals surface area contributed by atoms with Gasteiger partial charge in [0, 0.05) is 19.1 Å². The molecule has 2 amide bonds. The van der Waals surface area contributed by atoms with Crippen LogP contribution in [-0.2, 0) is 10.0 Å². The zero-order valence-electron chi connectivity index (χ0n) is 15.0. The van der Waals surface area contributed by atoms with E-state index >= 15 is 0 Å². The largest absolute Gasteiger partial charge is 0.393 e. The second kappa shape index (κ2) is 8.92. The Morgan fingerprint density at radius 2 is 1.74 bits per heavy atom. The summed E-state index contributed by atoms with van der Waals surface area (Å²) in [5.74, 6) is -1.54. The molecular formula is C17H24F3N3O3S. The number of benzene rings is 1. The Morgan fingerprint density at radius 3 is 2.37 bits per heavy atom. The van der Waals surface area contributed by atoms with Gasteiger partial charge in [-0.05, 0) is 31.9 Å². The Kier molecular flexibility index (Phi) is 7.10. The minimum Gasteiger partial charge on any atom is -0.337 e. The van der Waals surface area contributed by atoms with Crippen molar-refractivity contribution < 1.29 is 26.4 Å². The molecule has 0 radical (unpaired) electrons. The van der Waals surface area contributed by atoms with Gasteiger partial charge in [-0.15, -0.1) is 0 Å². The predicted molar refractivity (Wildman–Crippen MR) is 94.7 cm³/mol. The van der Waals surface area contributed by atoms with Crippen molar-refractivity contribution in [2.24, 2.45) is 5.92 Å². The van der Waals surface area contributed by atoms with E-state index in [2.05, 4.69) is 15.4 Å². The molecule has 0 aromatic heterocycles. The standard InChI is InChI=1S/C17H24F3N3O3S/c1-12-6-8-13(9-7-12)27(25,26)22-11-10-21-16(24)23-15-5-3-2-4-14(15)17(18,19)20/h6-9,14-15,22H,2-5,10-11H2,1H3,(H2,21,23,24). The van der Waals surface area contributed by atoms with Crippen LogP contribution in [0.5, 0.6) is 0 Å². The number of alkyl halides is 3. The highest BCUT2D eigenvalue weighted by molar-refractivity contribution is 7.89. The van der Waals surface area contributed by atoms with Gasteiger partial charge in [-0.25, -0.2) is 17.9 Å². The summed E-state index contributed by atoms with van der Waals surface area (Å²) in [6, 6.07) is 4.59. The number of aryl methyl sites for hydroxylation is 1. The van der Waals surface area contributed by atoms with Crippen molar-refractivity contribution in [1.82, 2.24) is 15.4 Å². The van der Waals surface area contributed by atoms with E-state index in [0.717, 1.165) is 5.56 Å². The average molecular weight is 407 g/mol. The molecule has 0 saturated heterocycles. The lowest BCUT2D eigenvalue weighted by molar-refractivity contribution is -0.187. The van der Waals surface area contributed by atoms with Crippen LogP contribution in [0.3, 0.4) is 0 Å². The number of nitrogens with one attached hydrogen (secondary N) is 3. The molecule has 1 aliphatic carbocycles. The van der Waals surface area contributed by atoms with Crippen LogP contribution < -0.4 is 15.4 Å². The summed E-state index contributed by atoms with van der Waals surface area (Å²) in [7, 11) is -3.70. The fourth-order valence-corrected chi connectivity index (χ4v) is 4.11. The van der Waals surface area contributed by atoms with Crippen molar-refractivity contribution in [3.63, 3.8) is 0 Å². The molecule has 2 unspecified atom stereocenters. The molecule has 152 valence electrons.